The zero-order valence-electron chi connectivity index (χ0n) is 14.4. The van der Waals surface area contributed by atoms with Crippen LogP contribution in [0.15, 0.2) is 35.2 Å². The van der Waals surface area contributed by atoms with Crippen LogP contribution in [0.5, 0.6) is 0 Å². The SMILES string of the molecule is CCCCCCNC(=O)C1CCN(S(=O)(=O)c2ccccc2)CC1. The number of piperidine rings is 1. The van der Waals surface area contributed by atoms with Crippen LogP contribution in [0.4, 0.5) is 0 Å². The molecule has 0 radical (unpaired) electrons. The minimum Gasteiger partial charge on any atom is -0.356 e. The van der Waals surface area contributed by atoms with E-state index in [0.29, 0.717) is 30.8 Å². The number of unbranched alkanes of at least 4 members (excludes halogenated alkanes) is 3. The van der Waals surface area contributed by atoms with Crippen LogP contribution in [-0.4, -0.2) is 38.3 Å². The first-order chi connectivity index (χ1) is 11.6. The van der Waals surface area contributed by atoms with E-state index in [1.165, 1.54) is 17.1 Å². The molecule has 1 saturated heterocycles. The first kappa shape index (κ1) is 18.9. The van der Waals surface area contributed by atoms with Crippen molar-refractivity contribution in [1.29, 1.82) is 0 Å². The second-order valence-electron chi connectivity index (χ2n) is 6.34. The normalized spacial score (nSPS) is 16.9. The summed E-state index contributed by atoms with van der Waals surface area (Å²) in [5.74, 6) is 0.00153. The van der Waals surface area contributed by atoms with E-state index < -0.39 is 10.0 Å². The van der Waals surface area contributed by atoms with Crippen LogP contribution in [0.1, 0.15) is 45.4 Å². The Balaban J connectivity index is 1.80. The average Bonchev–Trinajstić information content (AvgIpc) is 2.62. The average molecular weight is 353 g/mol. The second-order valence-corrected chi connectivity index (χ2v) is 8.28. The molecule has 1 aromatic carbocycles. The van der Waals surface area contributed by atoms with Gasteiger partial charge in [0, 0.05) is 25.6 Å². The standard InChI is InChI=1S/C18H28N2O3S/c1-2-3-4-8-13-19-18(21)16-11-14-20(15-12-16)24(22,23)17-9-6-5-7-10-17/h5-7,9-10,16H,2-4,8,11-15H2,1H3,(H,19,21). The molecule has 1 aliphatic heterocycles. The summed E-state index contributed by atoms with van der Waals surface area (Å²) >= 11 is 0. The number of nitrogens with zero attached hydrogens (tertiary/aromatic N) is 1. The summed E-state index contributed by atoms with van der Waals surface area (Å²) in [4.78, 5) is 12.5. The number of rotatable bonds is 8. The molecule has 0 saturated carbocycles. The zero-order valence-corrected chi connectivity index (χ0v) is 15.2. The molecule has 5 nitrogen and oxygen atoms in total. The highest BCUT2D eigenvalue weighted by atomic mass is 32.2. The molecule has 1 aliphatic rings. The predicted molar refractivity (Wildman–Crippen MR) is 95.1 cm³/mol. The first-order valence-electron chi connectivity index (χ1n) is 8.88. The summed E-state index contributed by atoms with van der Waals surface area (Å²) in [6.45, 7) is 3.70. The van der Waals surface area contributed by atoms with Gasteiger partial charge in [-0.15, -0.1) is 0 Å². The number of amides is 1. The maximum Gasteiger partial charge on any atom is 0.243 e. The van der Waals surface area contributed by atoms with Crippen molar-refractivity contribution in [3.8, 4) is 0 Å². The van der Waals surface area contributed by atoms with E-state index in [9.17, 15) is 13.2 Å². The van der Waals surface area contributed by atoms with Crippen molar-refractivity contribution in [2.45, 2.75) is 50.3 Å². The molecule has 1 fully saturated rings. The zero-order chi connectivity index (χ0) is 17.4. The molecule has 1 N–H and O–H groups in total. The molecule has 1 aromatic rings. The molecule has 6 heteroatoms. The molecule has 1 heterocycles. The lowest BCUT2D eigenvalue weighted by molar-refractivity contribution is -0.126. The molecule has 0 bridgehead atoms. The van der Waals surface area contributed by atoms with Gasteiger partial charge in [-0.3, -0.25) is 4.79 Å². The van der Waals surface area contributed by atoms with E-state index in [4.69, 9.17) is 0 Å². The van der Waals surface area contributed by atoms with Crippen LogP contribution in [0.25, 0.3) is 0 Å². The Morgan fingerprint density at radius 2 is 1.79 bits per heavy atom. The largest absolute Gasteiger partial charge is 0.356 e. The highest BCUT2D eigenvalue weighted by Crippen LogP contribution is 2.23. The molecule has 0 unspecified atom stereocenters. The fourth-order valence-corrected chi connectivity index (χ4v) is 4.50. The smallest absolute Gasteiger partial charge is 0.243 e. The molecular formula is C18H28N2O3S. The molecule has 0 aliphatic carbocycles. The van der Waals surface area contributed by atoms with Crippen molar-refractivity contribution in [2.24, 2.45) is 5.92 Å². The van der Waals surface area contributed by atoms with Gasteiger partial charge < -0.3 is 5.32 Å². The number of sulfonamides is 1. The number of carbonyl (C=O) groups is 1. The quantitative estimate of drug-likeness (QED) is 0.732. The molecular weight excluding hydrogens is 324 g/mol. The Kier molecular flexibility index (Phi) is 7.24. The van der Waals surface area contributed by atoms with Gasteiger partial charge in [0.05, 0.1) is 4.90 Å². The third-order valence-electron chi connectivity index (χ3n) is 4.54. The van der Waals surface area contributed by atoms with Crippen molar-refractivity contribution in [1.82, 2.24) is 9.62 Å². The monoisotopic (exact) mass is 352 g/mol. The van der Waals surface area contributed by atoms with Gasteiger partial charge in [-0.2, -0.15) is 4.31 Å². The Hall–Kier alpha value is -1.40. The number of hydrogen-bond acceptors (Lipinski definition) is 3. The number of carbonyl (C=O) groups excluding carboxylic acids is 1. The van der Waals surface area contributed by atoms with Crippen LogP contribution in [0.3, 0.4) is 0 Å². The van der Waals surface area contributed by atoms with Crippen molar-refractivity contribution >= 4 is 15.9 Å². The van der Waals surface area contributed by atoms with E-state index in [-0.39, 0.29) is 11.8 Å². The predicted octanol–water partition coefficient (Wildman–Crippen LogP) is 2.78. The van der Waals surface area contributed by atoms with Gasteiger partial charge in [-0.1, -0.05) is 44.4 Å². The molecule has 0 atom stereocenters. The number of hydrogen-bond donors (Lipinski definition) is 1. The van der Waals surface area contributed by atoms with Gasteiger partial charge in [0.1, 0.15) is 0 Å². The first-order valence-corrected chi connectivity index (χ1v) is 10.3. The second kappa shape index (κ2) is 9.18. The van der Waals surface area contributed by atoms with Gasteiger partial charge in [-0.25, -0.2) is 8.42 Å². The lowest BCUT2D eigenvalue weighted by Gasteiger charge is -2.30. The molecule has 0 aromatic heterocycles. The van der Waals surface area contributed by atoms with Gasteiger partial charge in [0.15, 0.2) is 0 Å². The molecule has 2 rings (SSSR count). The fourth-order valence-electron chi connectivity index (χ4n) is 3.01. The van der Waals surface area contributed by atoms with E-state index >= 15 is 0 Å². The highest BCUT2D eigenvalue weighted by molar-refractivity contribution is 7.89. The van der Waals surface area contributed by atoms with Crippen LogP contribution >= 0.6 is 0 Å². The van der Waals surface area contributed by atoms with E-state index in [2.05, 4.69) is 12.2 Å². The Bertz CT molecular complexity index is 608. The third-order valence-corrected chi connectivity index (χ3v) is 6.45. The van der Waals surface area contributed by atoms with Crippen molar-refractivity contribution in [3.63, 3.8) is 0 Å². The van der Waals surface area contributed by atoms with Gasteiger partial charge >= 0.3 is 0 Å². The minimum absolute atomic E-state index is 0.0709. The summed E-state index contributed by atoms with van der Waals surface area (Å²) in [6, 6.07) is 8.49. The Morgan fingerprint density at radius 3 is 2.42 bits per heavy atom. The third kappa shape index (κ3) is 5.05. The summed E-state index contributed by atoms with van der Waals surface area (Å²) in [5.41, 5.74) is 0. The van der Waals surface area contributed by atoms with Crippen LogP contribution in [-0.2, 0) is 14.8 Å². The summed E-state index contributed by atoms with van der Waals surface area (Å²) in [5, 5.41) is 2.99. The van der Waals surface area contributed by atoms with E-state index in [1.54, 1.807) is 30.3 Å². The lowest BCUT2D eigenvalue weighted by atomic mass is 9.97. The van der Waals surface area contributed by atoms with E-state index in [1.807, 2.05) is 0 Å². The maximum absolute atomic E-state index is 12.6. The number of benzene rings is 1. The molecule has 1 amide bonds. The summed E-state index contributed by atoms with van der Waals surface area (Å²) < 4.78 is 26.6. The summed E-state index contributed by atoms with van der Waals surface area (Å²) in [7, 11) is -3.44. The maximum atomic E-state index is 12.6. The van der Waals surface area contributed by atoms with Crippen molar-refractivity contribution in [3.05, 3.63) is 30.3 Å². The molecule has 0 spiro atoms. The van der Waals surface area contributed by atoms with E-state index in [0.717, 1.165) is 19.4 Å². The van der Waals surface area contributed by atoms with Gasteiger partial charge in [-0.05, 0) is 31.4 Å². The minimum atomic E-state index is -3.44. The Labute approximate surface area is 145 Å². The Morgan fingerprint density at radius 1 is 1.12 bits per heavy atom. The van der Waals surface area contributed by atoms with Crippen LogP contribution < -0.4 is 5.32 Å². The fraction of sp³-hybridized carbons (Fsp3) is 0.611. The van der Waals surface area contributed by atoms with Gasteiger partial charge in [0.25, 0.3) is 0 Å². The van der Waals surface area contributed by atoms with Gasteiger partial charge in [0.2, 0.25) is 15.9 Å². The molecule has 134 valence electrons. The van der Waals surface area contributed by atoms with Crippen molar-refractivity contribution < 1.29 is 13.2 Å². The highest BCUT2D eigenvalue weighted by Gasteiger charge is 2.31. The van der Waals surface area contributed by atoms with Crippen molar-refractivity contribution in [2.75, 3.05) is 19.6 Å². The van der Waals surface area contributed by atoms with Crippen LogP contribution in [0.2, 0.25) is 0 Å². The lowest BCUT2D eigenvalue weighted by Crippen LogP contribution is -2.43. The number of nitrogens with one attached hydrogen (secondary N) is 1. The van der Waals surface area contributed by atoms with Crippen LogP contribution in [0, 0.1) is 5.92 Å². The topological polar surface area (TPSA) is 66.5 Å². The summed E-state index contributed by atoms with van der Waals surface area (Å²) in [6.07, 6.45) is 5.72. The molecule has 24 heavy (non-hydrogen) atoms.